The van der Waals surface area contributed by atoms with Crippen molar-refractivity contribution in [3.63, 3.8) is 0 Å². The number of likely N-dealkylation sites (N-methyl/N-ethyl adjacent to an activating group) is 1. The number of hydrogen-bond acceptors (Lipinski definition) is 4. The third kappa shape index (κ3) is 4.68. The molecule has 2 N–H and O–H groups in total. The molecule has 1 aromatic rings. The van der Waals surface area contributed by atoms with Gasteiger partial charge in [-0.25, -0.2) is 4.79 Å². The molecule has 1 aromatic carbocycles. The van der Waals surface area contributed by atoms with Crippen LogP contribution in [0, 0.1) is 5.92 Å². The minimum absolute atomic E-state index is 0.0316. The standard InChI is InChI=1S/C22H27F3N4O4/c1-12(2)18(19(30)26-9-10-33-4)29-11-15-16(20(29)31)17(27-21(32)28(15)3)13-7-5-6-8-14(13)22(23,24)25/h5-8,12,17-18H,9-11H2,1-4H3,(H,26,30)(H,27,32). The molecule has 0 saturated heterocycles. The number of benzene rings is 1. The Kier molecular flexibility index (Phi) is 7.01. The van der Waals surface area contributed by atoms with Gasteiger partial charge in [0.2, 0.25) is 5.91 Å². The van der Waals surface area contributed by atoms with Gasteiger partial charge >= 0.3 is 12.2 Å². The summed E-state index contributed by atoms with van der Waals surface area (Å²) in [6.45, 7) is 4.01. The van der Waals surface area contributed by atoms with E-state index in [9.17, 15) is 27.6 Å². The first-order valence-corrected chi connectivity index (χ1v) is 10.5. The van der Waals surface area contributed by atoms with Gasteiger partial charge in [0.1, 0.15) is 6.04 Å². The first kappa shape index (κ1) is 24.6. The van der Waals surface area contributed by atoms with Gasteiger partial charge in [-0.15, -0.1) is 0 Å². The monoisotopic (exact) mass is 468 g/mol. The molecule has 0 fully saturated rings. The first-order valence-electron chi connectivity index (χ1n) is 10.5. The lowest BCUT2D eigenvalue weighted by atomic mass is 9.91. The fourth-order valence-electron chi connectivity index (χ4n) is 4.24. The molecule has 4 amide bonds. The largest absolute Gasteiger partial charge is 0.416 e. The summed E-state index contributed by atoms with van der Waals surface area (Å²) in [4.78, 5) is 41.5. The fraction of sp³-hybridized carbons (Fsp3) is 0.500. The number of rotatable bonds is 7. The minimum Gasteiger partial charge on any atom is -0.383 e. The Morgan fingerprint density at radius 3 is 2.55 bits per heavy atom. The maximum atomic E-state index is 13.7. The van der Waals surface area contributed by atoms with E-state index >= 15 is 0 Å². The Hall–Kier alpha value is -3.08. The van der Waals surface area contributed by atoms with E-state index in [1.165, 1.54) is 42.2 Å². The smallest absolute Gasteiger partial charge is 0.383 e. The van der Waals surface area contributed by atoms with Crippen molar-refractivity contribution in [2.24, 2.45) is 5.92 Å². The van der Waals surface area contributed by atoms with E-state index in [4.69, 9.17) is 4.74 Å². The lowest BCUT2D eigenvalue weighted by Gasteiger charge is -2.32. The summed E-state index contributed by atoms with van der Waals surface area (Å²) in [6, 6.07) is 2.04. The zero-order valence-electron chi connectivity index (χ0n) is 18.8. The van der Waals surface area contributed by atoms with Crippen LogP contribution in [0.15, 0.2) is 35.5 Å². The number of alkyl halides is 3. The Balaban J connectivity index is 2.01. The first-order chi connectivity index (χ1) is 15.5. The quantitative estimate of drug-likeness (QED) is 0.601. The van der Waals surface area contributed by atoms with E-state index in [0.717, 1.165) is 6.07 Å². The van der Waals surface area contributed by atoms with Crippen molar-refractivity contribution in [1.29, 1.82) is 0 Å². The van der Waals surface area contributed by atoms with Crippen molar-refractivity contribution in [3.05, 3.63) is 46.7 Å². The Morgan fingerprint density at radius 1 is 1.27 bits per heavy atom. The van der Waals surface area contributed by atoms with Crippen LogP contribution in [-0.2, 0) is 20.5 Å². The number of nitrogens with zero attached hydrogens (tertiary/aromatic N) is 2. The summed E-state index contributed by atoms with van der Waals surface area (Å²) in [7, 11) is 2.93. The number of ether oxygens (including phenoxy) is 1. The highest BCUT2D eigenvalue weighted by molar-refractivity contribution is 6.03. The number of halogens is 3. The molecule has 0 aliphatic carbocycles. The molecular formula is C22H27F3N4O4. The molecule has 2 aliphatic heterocycles. The number of hydrogen-bond donors (Lipinski definition) is 2. The summed E-state index contributed by atoms with van der Waals surface area (Å²) in [5, 5.41) is 5.24. The number of methoxy groups -OCH3 is 1. The number of carbonyl (C=O) groups is 3. The van der Waals surface area contributed by atoms with Gasteiger partial charge in [0.05, 0.1) is 36.0 Å². The van der Waals surface area contributed by atoms with Gasteiger partial charge in [0.25, 0.3) is 5.91 Å². The Labute approximate surface area is 189 Å². The number of nitrogens with one attached hydrogen (secondary N) is 2. The van der Waals surface area contributed by atoms with Crippen LogP contribution in [0.25, 0.3) is 0 Å². The number of amides is 4. The summed E-state index contributed by atoms with van der Waals surface area (Å²) < 4.78 is 46.0. The molecule has 0 aromatic heterocycles. The van der Waals surface area contributed by atoms with E-state index < -0.39 is 41.7 Å². The molecule has 0 saturated carbocycles. The van der Waals surface area contributed by atoms with Crippen LogP contribution in [0.2, 0.25) is 0 Å². The average molecular weight is 468 g/mol. The maximum absolute atomic E-state index is 13.7. The van der Waals surface area contributed by atoms with Crippen LogP contribution < -0.4 is 10.6 Å². The molecule has 33 heavy (non-hydrogen) atoms. The van der Waals surface area contributed by atoms with Crippen LogP contribution in [0.3, 0.4) is 0 Å². The second-order valence-electron chi connectivity index (χ2n) is 8.29. The van der Waals surface area contributed by atoms with Crippen LogP contribution >= 0.6 is 0 Å². The van der Waals surface area contributed by atoms with Crippen molar-refractivity contribution in [1.82, 2.24) is 20.4 Å². The van der Waals surface area contributed by atoms with Crippen molar-refractivity contribution >= 4 is 17.8 Å². The summed E-state index contributed by atoms with van der Waals surface area (Å²) >= 11 is 0. The van der Waals surface area contributed by atoms with Gasteiger partial charge in [-0.2, -0.15) is 13.2 Å². The zero-order chi connectivity index (χ0) is 24.5. The topological polar surface area (TPSA) is 91.0 Å². The molecule has 8 nitrogen and oxygen atoms in total. The highest BCUT2D eigenvalue weighted by Gasteiger charge is 2.48. The highest BCUT2D eigenvalue weighted by atomic mass is 19.4. The molecule has 3 rings (SSSR count). The van der Waals surface area contributed by atoms with Crippen molar-refractivity contribution in [2.45, 2.75) is 32.1 Å². The van der Waals surface area contributed by atoms with E-state index in [1.807, 2.05) is 0 Å². The van der Waals surface area contributed by atoms with Gasteiger partial charge in [-0.1, -0.05) is 32.0 Å². The second-order valence-corrected chi connectivity index (χ2v) is 8.29. The molecule has 2 aliphatic rings. The third-order valence-corrected chi connectivity index (χ3v) is 5.81. The normalized spacial score (nSPS) is 19.7. The predicted molar refractivity (Wildman–Crippen MR) is 113 cm³/mol. The predicted octanol–water partition coefficient (Wildman–Crippen LogP) is 2.29. The SMILES string of the molecule is COCCNC(=O)C(C(C)C)N1CC2=C(C1=O)C(c1ccccc1C(F)(F)F)NC(=O)N2C. The lowest BCUT2D eigenvalue weighted by Crippen LogP contribution is -2.51. The third-order valence-electron chi connectivity index (χ3n) is 5.81. The summed E-state index contributed by atoms with van der Waals surface area (Å²) in [5.74, 6) is -1.27. The molecule has 2 heterocycles. The highest BCUT2D eigenvalue weighted by Crippen LogP contribution is 2.41. The van der Waals surface area contributed by atoms with E-state index in [2.05, 4.69) is 10.6 Å². The fourth-order valence-corrected chi connectivity index (χ4v) is 4.24. The van der Waals surface area contributed by atoms with Crippen LogP contribution in [0.5, 0.6) is 0 Å². The maximum Gasteiger partial charge on any atom is 0.416 e. The van der Waals surface area contributed by atoms with Gasteiger partial charge in [-0.05, 0) is 17.5 Å². The van der Waals surface area contributed by atoms with Crippen LogP contribution in [0.1, 0.15) is 31.0 Å². The molecule has 2 unspecified atom stereocenters. The Bertz CT molecular complexity index is 977. The summed E-state index contributed by atoms with van der Waals surface area (Å²) in [5.41, 5.74) is -0.847. The van der Waals surface area contributed by atoms with Crippen molar-refractivity contribution < 1.29 is 32.3 Å². The van der Waals surface area contributed by atoms with E-state index in [-0.39, 0.29) is 42.4 Å². The zero-order valence-corrected chi connectivity index (χ0v) is 18.8. The van der Waals surface area contributed by atoms with E-state index in [1.54, 1.807) is 13.8 Å². The number of carbonyl (C=O) groups excluding carboxylic acids is 3. The van der Waals surface area contributed by atoms with Crippen molar-refractivity contribution in [3.8, 4) is 0 Å². The molecule has 11 heteroatoms. The van der Waals surface area contributed by atoms with Crippen LogP contribution in [0.4, 0.5) is 18.0 Å². The molecular weight excluding hydrogens is 441 g/mol. The minimum atomic E-state index is -4.67. The average Bonchev–Trinajstić information content (AvgIpc) is 3.07. The molecule has 0 spiro atoms. The molecule has 180 valence electrons. The molecule has 2 atom stereocenters. The number of urea groups is 1. The summed E-state index contributed by atoms with van der Waals surface area (Å²) in [6.07, 6.45) is -4.67. The van der Waals surface area contributed by atoms with Gasteiger partial charge in [0, 0.05) is 20.7 Å². The Morgan fingerprint density at radius 2 is 1.94 bits per heavy atom. The molecule has 0 radical (unpaired) electrons. The van der Waals surface area contributed by atoms with Crippen molar-refractivity contribution in [2.75, 3.05) is 33.9 Å². The van der Waals surface area contributed by atoms with Gasteiger partial charge in [-0.3, -0.25) is 14.5 Å². The van der Waals surface area contributed by atoms with Crippen LogP contribution in [-0.4, -0.2) is 67.5 Å². The van der Waals surface area contributed by atoms with Gasteiger partial charge < -0.3 is 20.3 Å². The lowest BCUT2D eigenvalue weighted by molar-refractivity contribution is -0.139. The molecule has 0 bridgehead atoms. The van der Waals surface area contributed by atoms with Gasteiger partial charge in [0.15, 0.2) is 0 Å². The second kappa shape index (κ2) is 9.42. The van der Waals surface area contributed by atoms with E-state index in [0.29, 0.717) is 0 Å².